The molecule has 1 N–H and O–H groups in total. The molecule has 0 saturated carbocycles. The van der Waals surface area contributed by atoms with Crippen LogP contribution in [-0.2, 0) is 9.59 Å². The molecule has 128 valence electrons. The third-order valence-corrected chi connectivity index (χ3v) is 4.63. The average molecular weight is 329 g/mol. The smallest absolute Gasteiger partial charge is 0.330 e. The number of hydrogen-bond acceptors (Lipinski definition) is 4. The first-order chi connectivity index (χ1) is 11.5. The van der Waals surface area contributed by atoms with Gasteiger partial charge >= 0.3 is 5.97 Å². The number of benzene rings is 1. The molecular weight excluding hydrogens is 306 g/mol. The summed E-state index contributed by atoms with van der Waals surface area (Å²) in [7, 11) is 0. The van der Waals surface area contributed by atoms with Gasteiger partial charge in [0.2, 0.25) is 5.91 Å². The first-order valence-corrected chi connectivity index (χ1v) is 8.27. The summed E-state index contributed by atoms with van der Waals surface area (Å²) in [6.07, 6.45) is 3.32. The number of hydrogen-bond donors (Lipinski definition) is 1. The average Bonchev–Trinajstić information content (AvgIpc) is 3.05. The molecule has 6 nitrogen and oxygen atoms in total. The number of carbonyl (C=O) groups is 2. The van der Waals surface area contributed by atoms with Crippen LogP contribution in [0.15, 0.2) is 36.4 Å². The van der Waals surface area contributed by atoms with Crippen molar-refractivity contribution in [2.75, 3.05) is 44.2 Å². The molecule has 0 aliphatic carbocycles. The molecule has 1 amide bonds. The van der Waals surface area contributed by atoms with Crippen LogP contribution < -0.4 is 4.90 Å². The van der Waals surface area contributed by atoms with Gasteiger partial charge in [0.1, 0.15) is 6.04 Å². The number of carboxylic acid groups (broad SMARTS) is 1. The number of nitrogens with zero attached hydrogens (tertiary/aromatic N) is 3. The maximum atomic E-state index is 12.4. The van der Waals surface area contributed by atoms with Crippen molar-refractivity contribution >= 4 is 17.6 Å². The second kappa shape index (κ2) is 7.05. The van der Waals surface area contributed by atoms with Crippen LogP contribution in [0.3, 0.4) is 0 Å². The van der Waals surface area contributed by atoms with Crippen molar-refractivity contribution < 1.29 is 14.7 Å². The van der Waals surface area contributed by atoms with E-state index in [0.717, 1.165) is 26.2 Å². The highest BCUT2D eigenvalue weighted by Gasteiger charge is 2.31. The Hall–Kier alpha value is -2.34. The first-order valence-electron chi connectivity index (χ1n) is 8.27. The Labute approximate surface area is 142 Å². The molecule has 1 saturated heterocycles. The number of piperazine rings is 1. The zero-order valence-electron chi connectivity index (χ0n) is 13.9. The van der Waals surface area contributed by atoms with Crippen molar-refractivity contribution in [2.24, 2.45) is 0 Å². The topological polar surface area (TPSA) is 64.1 Å². The zero-order chi connectivity index (χ0) is 17.1. The van der Waals surface area contributed by atoms with Gasteiger partial charge in [0.15, 0.2) is 0 Å². The minimum Gasteiger partial charge on any atom is -0.479 e. The van der Waals surface area contributed by atoms with E-state index >= 15 is 0 Å². The molecule has 0 spiro atoms. The lowest BCUT2D eigenvalue weighted by molar-refractivity contribution is -0.147. The number of carboxylic acids is 1. The molecule has 24 heavy (non-hydrogen) atoms. The molecule has 3 rings (SSSR count). The van der Waals surface area contributed by atoms with Crippen LogP contribution in [0.2, 0.25) is 0 Å². The fourth-order valence-corrected chi connectivity index (χ4v) is 3.26. The first kappa shape index (κ1) is 16.5. The highest BCUT2D eigenvalue weighted by atomic mass is 16.4. The SMILES string of the molecule is Cc1cccc(N2CCN(CC(=O)N3CC=C[C@@H]3C(=O)O)CC2)c1. The van der Waals surface area contributed by atoms with Crippen molar-refractivity contribution in [1.82, 2.24) is 9.80 Å². The highest BCUT2D eigenvalue weighted by molar-refractivity contribution is 5.87. The third-order valence-electron chi connectivity index (χ3n) is 4.63. The molecule has 1 aromatic rings. The number of anilines is 1. The molecule has 2 aliphatic heterocycles. The monoisotopic (exact) mass is 329 g/mol. The van der Waals surface area contributed by atoms with E-state index in [4.69, 9.17) is 5.11 Å². The van der Waals surface area contributed by atoms with E-state index in [2.05, 4.69) is 41.0 Å². The quantitative estimate of drug-likeness (QED) is 0.834. The van der Waals surface area contributed by atoms with Gasteiger partial charge in [-0.15, -0.1) is 0 Å². The Bertz CT molecular complexity index is 651. The van der Waals surface area contributed by atoms with Crippen LogP contribution in [0.1, 0.15) is 5.56 Å². The van der Waals surface area contributed by atoms with Crippen LogP contribution in [0, 0.1) is 6.92 Å². The van der Waals surface area contributed by atoms with Gasteiger partial charge in [-0.3, -0.25) is 9.69 Å². The lowest BCUT2D eigenvalue weighted by atomic mass is 10.2. The van der Waals surface area contributed by atoms with Crippen LogP contribution in [0.5, 0.6) is 0 Å². The number of amides is 1. The van der Waals surface area contributed by atoms with Gasteiger partial charge < -0.3 is 14.9 Å². The fraction of sp³-hybridized carbons (Fsp3) is 0.444. The molecule has 0 radical (unpaired) electrons. The molecular formula is C18H23N3O3. The molecule has 1 fully saturated rings. The Morgan fingerprint density at radius 3 is 2.62 bits per heavy atom. The summed E-state index contributed by atoms with van der Waals surface area (Å²) in [5, 5.41) is 9.16. The van der Waals surface area contributed by atoms with Gasteiger partial charge in [-0.05, 0) is 24.6 Å². The number of rotatable bonds is 4. The Morgan fingerprint density at radius 1 is 1.21 bits per heavy atom. The lowest BCUT2D eigenvalue weighted by Gasteiger charge is -2.36. The van der Waals surface area contributed by atoms with Gasteiger partial charge in [0.25, 0.3) is 0 Å². The number of aryl methyl sites for hydroxylation is 1. The summed E-state index contributed by atoms with van der Waals surface area (Å²) < 4.78 is 0. The lowest BCUT2D eigenvalue weighted by Crippen LogP contribution is -2.51. The van der Waals surface area contributed by atoms with Gasteiger partial charge in [-0.25, -0.2) is 4.79 Å². The molecule has 2 heterocycles. The second-order valence-corrected chi connectivity index (χ2v) is 6.36. The minimum absolute atomic E-state index is 0.114. The van der Waals surface area contributed by atoms with Crippen LogP contribution in [0.25, 0.3) is 0 Å². The van der Waals surface area contributed by atoms with E-state index in [9.17, 15) is 9.59 Å². The van der Waals surface area contributed by atoms with Gasteiger partial charge in [0, 0.05) is 38.4 Å². The summed E-state index contributed by atoms with van der Waals surface area (Å²) in [5.74, 6) is -1.09. The van der Waals surface area contributed by atoms with Crippen molar-refractivity contribution in [3.63, 3.8) is 0 Å². The summed E-state index contributed by atoms with van der Waals surface area (Å²) in [5.41, 5.74) is 2.46. The fourth-order valence-electron chi connectivity index (χ4n) is 3.26. The van der Waals surface area contributed by atoms with Crippen LogP contribution >= 0.6 is 0 Å². The predicted molar refractivity (Wildman–Crippen MR) is 92.1 cm³/mol. The summed E-state index contributed by atoms with van der Waals surface area (Å²) in [6, 6.07) is 7.62. The van der Waals surface area contributed by atoms with Crippen molar-refractivity contribution in [3.05, 3.63) is 42.0 Å². The van der Waals surface area contributed by atoms with Gasteiger partial charge in [-0.1, -0.05) is 24.3 Å². The standard InChI is InChI=1S/C18H23N3O3/c1-14-4-2-5-15(12-14)20-10-8-19(9-11-20)13-17(22)21-7-3-6-16(21)18(23)24/h2-6,12,16H,7-11,13H2,1H3,(H,23,24)/t16-/m1/s1. The maximum absolute atomic E-state index is 12.4. The summed E-state index contributed by atoms with van der Waals surface area (Å²) >= 11 is 0. The number of carbonyl (C=O) groups excluding carboxylic acids is 1. The molecule has 2 aliphatic rings. The highest BCUT2D eigenvalue weighted by Crippen LogP contribution is 2.18. The van der Waals surface area contributed by atoms with Crippen LogP contribution in [-0.4, -0.2) is 72.1 Å². The van der Waals surface area contributed by atoms with Crippen molar-refractivity contribution in [3.8, 4) is 0 Å². The minimum atomic E-state index is -0.971. The molecule has 1 atom stereocenters. The summed E-state index contributed by atoms with van der Waals surface area (Å²) in [6.45, 7) is 6.11. The Kier molecular flexibility index (Phi) is 4.85. The molecule has 1 aromatic carbocycles. The zero-order valence-corrected chi connectivity index (χ0v) is 13.9. The van der Waals surface area contributed by atoms with Crippen LogP contribution in [0.4, 0.5) is 5.69 Å². The van der Waals surface area contributed by atoms with E-state index in [1.165, 1.54) is 16.2 Å². The second-order valence-electron chi connectivity index (χ2n) is 6.36. The van der Waals surface area contributed by atoms with E-state index in [1.54, 1.807) is 12.2 Å². The van der Waals surface area contributed by atoms with Crippen molar-refractivity contribution in [2.45, 2.75) is 13.0 Å². The largest absolute Gasteiger partial charge is 0.479 e. The molecule has 6 heteroatoms. The van der Waals surface area contributed by atoms with Gasteiger partial charge in [-0.2, -0.15) is 0 Å². The molecule has 0 aromatic heterocycles. The Balaban J connectivity index is 1.52. The summed E-state index contributed by atoms with van der Waals surface area (Å²) in [4.78, 5) is 29.4. The van der Waals surface area contributed by atoms with Gasteiger partial charge in [0.05, 0.1) is 6.54 Å². The van der Waals surface area contributed by atoms with E-state index in [0.29, 0.717) is 6.54 Å². The molecule has 0 unspecified atom stereocenters. The van der Waals surface area contributed by atoms with E-state index in [1.807, 2.05) is 0 Å². The molecule has 0 bridgehead atoms. The normalized spacial score (nSPS) is 21.3. The Morgan fingerprint density at radius 2 is 1.96 bits per heavy atom. The van der Waals surface area contributed by atoms with E-state index < -0.39 is 12.0 Å². The third kappa shape index (κ3) is 3.59. The van der Waals surface area contributed by atoms with Crippen molar-refractivity contribution in [1.29, 1.82) is 0 Å². The maximum Gasteiger partial charge on any atom is 0.330 e. The predicted octanol–water partition coefficient (Wildman–Crippen LogP) is 0.969. The number of aliphatic carboxylic acids is 1. The van der Waals surface area contributed by atoms with E-state index in [-0.39, 0.29) is 12.5 Å².